The summed E-state index contributed by atoms with van der Waals surface area (Å²) in [4.78, 5) is 36.8. The highest BCUT2D eigenvalue weighted by molar-refractivity contribution is 7.15. The lowest BCUT2D eigenvalue weighted by Crippen LogP contribution is -2.39. The van der Waals surface area contributed by atoms with Gasteiger partial charge in [0.25, 0.3) is 0 Å². The number of fused-ring (bicyclic) bond motifs is 2. The molecule has 0 aliphatic carbocycles. The maximum absolute atomic E-state index is 13.9. The van der Waals surface area contributed by atoms with E-state index in [-0.39, 0.29) is 23.4 Å². The van der Waals surface area contributed by atoms with Crippen molar-refractivity contribution >= 4 is 39.5 Å². The number of halogens is 2. The molecule has 0 saturated carbocycles. The Morgan fingerprint density at radius 1 is 1.21 bits per heavy atom. The molecule has 1 aliphatic heterocycles. The summed E-state index contributed by atoms with van der Waals surface area (Å²) in [7, 11) is 0. The standard InChI is InChI=1S/C23H27F2N5O3S/c1-12(2)19(30-11-26-16-8-13(24)14(25)9-17(16)30)20(31)28-21-27-15-6-7-29(10-18(15)34-21)22(32)33-23(3,4)5/h8-9,11-12,19H,6-7,10H2,1-5H3,(H,27,28,31). The van der Waals surface area contributed by atoms with Crippen molar-refractivity contribution in [3.63, 3.8) is 0 Å². The summed E-state index contributed by atoms with van der Waals surface area (Å²) in [5, 5.41) is 3.28. The van der Waals surface area contributed by atoms with Crippen molar-refractivity contribution in [1.29, 1.82) is 0 Å². The number of rotatable bonds is 4. The zero-order valence-corrected chi connectivity index (χ0v) is 20.5. The Morgan fingerprint density at radius 3 is 2.59 bits per heavy atom. The number of nitrogens with zero attached hydrogens (tertiary/aromatic N) is 4. The summed E-state index contributed by atoms with van der Waals surface area (Å²) < 4.78 is 34.5. The molecule has 0 fully saturated rings. The van der Waals surface area contributed by atoms with Gasteiger partial charge in [-0.3, -0.25) is 4.79 Å². The summed E-state index contributed by atoms with van der Waals surface area (Å²) in [5.41, 5.74) is 0.859. The summed E-state index contributed by atoms with van der Waals surface area (Å²) in [6, 6.07) is 1.35. The van der Waals surface area contributed by atoms with Crippen LogP contribution in [0.15, 0.2) is 18.5 Å². The number of thiazole rings is 1. The van der Waals surface area contributed by atoms with E-state index in [1.54, 1.807) is 9.47 Å². The maximum Gasteiger partial charge on any atom is 0.410 e. The van der Waals surface area contributed by atoms with Gasteiger partial charge in [0.2, 0.25) is 5.91 Å². The van der Waals surface area contributed by atoms with Gasteiger partial charge in [-0.15, -0.1) is 0 Å². The molecule has 4 rings (SSSR count). The molecule has 2 aromatic heterocycles. The Hall–Kier alpha value is -3.08. The van der Waals surface area contributed by atoms with Crippen LogP contribution in [0.2, 0.25) is 0 Å². The lowest BCUT2D eigenvalue weighted by molar-refractivity contribution is -0.120. The molecule has 1 N–H and O–H groups in total. The summed E-state index contributed by atoms with van der Waals surface area (Å²) in [6.07, 6.45) is 1.60. The van der Waals surface area contributed by atoms with Crippen molar-refractivity contribution in [3.05, 3.63) is 40.7 Å². The molecular formula is C23H27F2N5O3S. The van der Waals surface area contributed by atoms with E-state index in [1.165, 1.54) is 17.7 Å². The van der Waals surface area contributed by atoms with Gasteiger partial charge in [0, 0.05) is 30.0 Å². The van der Waals surface area contributed by atoms with Gasteiger partial charge in [0.1, 0.15) is 11.6 Å². The third-order valence-corrected chi connectivity index (χ3v) is 6.43. The molecule has 3 aromatic rings. The lowest BCUT2D eigenvalue weighted by Gasteiger charge is -2.29. The smallest absolute Gasteiger partial charge is 0.410 e. The minimum atomic E-state index is -1.00. The van der Waals surface area contributed by atoms with E-state index in [9.17, 15) is 18.4 Å². The number of hydrogen-bond donors (Lipinski definition) is 1. The molecule has 1 aromatic carbocycles. The molecule has 1 unspecified atom stereocenters. The number of benzene rings is 1. The van der Waals surface area contributed by atoms with Gasteiger partial charge >= 0.3 is 6.09 Å². The number of carbonyl (C=O) groups is 2. The summed E-state index contributed by atoms with van der Waals surface area (Å²) in [5.74, 6) is -2.49. The first kappa shape index (κ1) is 24.1. The summed E-state index contributed by atoms with van der Waals surface area (Å²) in [6.45, 7) is 10.0. The zero-order valence-electron chi connectivity index (χ0n) is 19.7. The first-order chi connectivity index (χ1) is 15.9. The van der Waals surface area contributed by atoms with E-state index in [1.807, 2.05) is 34.6 Å². The van der Waals surface area contributed by atoms with Gasteiger partial charge in [-0.1, -0.05) is 25.2 Å². The van der Waals surface area contributed by atoms with Crippen LogP contribution in [-0.4, -0.2) is 43.6 Å². The Kier molecular flexibility index (Phi) is 6.32. The minimum Gasteiger partial charge on any atom is -0.444 e. The van der Waals surface area contributed by atoms with Crippen LogP contribution in [-0.2, 0) is 22.5 Å². The van der Waals surface area contributed by atoms with Crippen LogP contribution in [0.25, 0.3) is 11.0 Å². The first-order valence-corrected chi connectivity index (χ1v) is 11.8. The molecule has 0 saturated heterocycles. The van der Waals surface area contributed by atoms with Crippen LogP contribution in [0.1, 0.15) is 51.2 Å². The second kappa shape index (κ2) is 8.94. The van der Waals surface area contributed by atoms with E-state index in [4.69, 9.17) is 4.74 Å². The molecule has 0 bridgehead atoms. The van der Waals surface area contributed by atoms with Gasteiger partial charge in [-0.05, 0) is 26.7 Å². The number of anilines is 1. The highest BCUT2D eigenvalue weighted by Gasteiger charge is 2.30. The fourth-order valence-corrected chi connectivity index (χ4v) is 4.93. The molecule has 11 heteroatoms. The number of carbonyl (C=O) groups excluding carboxylic acids is 2. The number of ether oxygens (including phenoxy) is 1. The van der Waals surface area contributed by atoms with Crippen LogP contribution in [0.5, 0.6) is 0 Å². The van der Waals surface area contributed by atoms with E-state index < -0.39 is 23.3 Å². The highest BCUT2D eigenvalue weighted by Crippen LogP contribution is 2.31. The molecule has 34 heavy (non-hydrogen) atoms. The second-order valence-corrected chi connectivity index (χ2v) is 10.7. The largest absolute Gasteiger partial charge is 0.444 e. The van der Waals surface area contributed by atoms with E-state index in [0.717, 1.165) is 22.7 Å². The average Bonchev–Trinajstić information content (AvgIpc) is 3.30. The Morgan fingerprint density at radius 2 is 1.91 bits per heavy atom. The number of hydrogen-bond acceptors (Lipinski definition) is 6. The quantitative estimate of drug-likeness (QED) is 0.561. The molecule has 182 valence electrons. The third-order valence-electron chi connectivity index (χ3n) is 5.43. The van der Waals surface area contributed by atoms with Crippen molar-refractivity contribution in [2.24, 2.45) is 5.92 Å². The Labute approximate surface area is 199 Å². The fraction of sp³-hybridized carbons (Fsp3) is 0.478. The van der Waals surface area contributed by atoms with Crippen LogP contribution in [0.3, 0.4) is 0 Å². The number of imidazole rings is 1. The van der Waals surface area contributed by atoms with E-state index in [2.05, 4.69) is 15.3 Å². The molecule has 3 heterocycles. The minimum absolute atomic E-state index is 0.164. The Balaban J connectivity index is 1.53. The van der Waals surface area contributed by atoms with E-state index >= 15 is 0 Å². The van der Waals surface area contributed by atoms with Crippen molar-refractivity contribution in [3.8, 4) is 0 Å². The van der Waals surface area contributed by atoms with Crippen molar-refractivity contribution in [2.75, 3.05) is 11.9 Å². The maximum atomic E-state index is 13.9. The number of amides is 2. The van der Waals surface area contributed by atoms with Crippen molar-refractivity contribution < 1.29 is 23.1 Å². The van der Waals surface area contributed by atoms with Gasteiger partial charge in [-0.25, -0.2) is 23.5 Å². The van der Waals surface area contributed by atoms with Crippen LogP contribution >= 0.6 is 11.3 Å². The molecule has 8 nitrogen and oxygen atoms in total. The van der Waals surface area contributed by atoms with Gasteiger partial charge < -0.3 is 19.5 Å². The van der Waals surface area contributed by atoms with E-state index in [0.29, 0.717) is 30.2 Å². The predicted molar refractivity (Wildman–Crippen MR) is 125 cm³/mol. The third kappa shape index (κ3) is 4.89. The van der Waals surface area contributed by atoms with Crippen LogP contribution < -0.4 is 5.32 Å². The Bertz CT molecular complexity index is 1250. The first-order valence-electron chi connectivity index (χ1n) is 11.0. The molecular weight excluding hydrogens is 464 g/mol. The monoisotopic (exact) mass is 491 g/mol. The normalized spacial score (nSPS) is 14.9. The van der Waals surface area contributed by atoms with Crippen LogP contribution in [0.4, 0.5) is 18.7 Å². The fourth-order valence-electron chi connectivity index (χ4n) is 3.91. The predicted octanol–water partition coefficient (Wildman–Crippen LogP) is 4.90. The number of aromatic nitrogens is 3. The van der Waals surface area contributed by atoms with Gasteiger partial charge in [0.15, 0.2) is 16.8 Å². The zero-order chi connectivity index (χ0) is 24.8. The van der Waals surface area contributed by atoms with Crippen molar-refractivity contribution in [1.82, 2.24) is 19.4 Å². The molecule has 1 atom stereocenters. The molecule has 0 spiro atoms. The van der Waals surface area contributed by atoms with Gasteiger partial charge in [0.05, 0.1) is 29.6 Å². The van der Waals surface area contributed by atoms with Crippen molar-refractivity contribution in [2.45, 2.75) is 59.2 Å². The second-order valence-electron chi connectivity index (χ2n) is 9.63. The molecule has 0 radical (unpaired) electrons. The molecule has 1 aliphatic rings. The topological polar surface area (TPSA) is 89.4 Å². The lowest BCUT2D eigenvalue weighted by atomic mass is 10.0. The number of nitrogens with one attached hydrogen (secondary N) is 1. The molecule has 2 amide bonds. The van der Waals surface area contributed by atoms with Crippen LogP contribution in [0, 0.1) is 17.6 Å². The highest BCUT2D eigenvalue weighted by atomic mass is 32.1. The summed E-state index contributed by atoms with van der Waals surface area (Å²) >= 11 is 1.31. The SMILES string of the molecule is CC(C)C(C(=O)Nc1nc2c(s1)CN(C(=O)OC(C)(C)C)CC2)n1cnc2cc(F)c(F)cc21. The van der Waals surface area contributed by atoms with Gasteiger partial charge in [-0.2, -0.15) is 0 Å². The average molecular weight is 492 g/mol.